The maximum Gasteiger partial charge on any atom is 0.239 e. The third-order valence-electron chi connectivity index (χ3n) is 7.26. The van der Waals surface area contributed by atoms with Crippen LogP contribution >= 0.6 is 0 Å². The van der Waals surface area contributed by atoms with Crippen molar-refractivity contribution in [3.63, 3.8) is 0 Å². The Balaban J connectivity index is 1.44. The van der Waals surface area contributed by atoms with Gasteiger partial charge in [-0.3, -0.25) is 9.69 Å². The summed E-state index contributed by atoms with van der Waals surface area (Å²) in [5.41, 5.74) is 3.19. The minimum atomic E-state index is -0.532. The molecule has 0 spiro atoms. The molecule has 3 heterocycles. The summed E-state index contributed by atoms with van der Waals surface area (Å²) < 4.78 is 34.4. The third-order valence-corrected chi connectivity index (χ3v) is 7.26. The number of methoxy groups -OCH3 is 1. The van der Waals surface area contributed by atoms with E-state index < -0.39 is 11.6 Å². The summed E-state index contributed by atoms with van der Waals surface area (Å²) in [6, 6.07) is 6.28. The van der Waals surface area contributed by atoms with Gasteiger partial charge in [0.1, 0.15) is 23.0 Å². The van der Waals surface area contributed by atoms with Crippen LogP contribution in [-0.4, -0.2) is 65.5 Å². The SMILES string of the molecule is COc1ccc(F)cc1-c1c(F)cnc2[nH]c(C3=CCC(N4CCC[C@H]4C(=O)N(C)C)CC3)cc12. The van der Waals surface area contributed by atoms with Crippen molar-refractivity contribution in [1.29, 1.82) is 0 Å². The maximum atomic E-state index is 15.0. The van der Waals surface area contributed by atoms with E-state index in [9.17, 15) is 13.6 Å². The lowest BCUT2D eigenvalue weighted by Gasteiger charge is -2.35. The second-order valence-electron chi connectivity index (χ2n) is 9.56. The number of amides is 1. The van der Waals surface area contributed by atoms with Crippen LogP contribution in [0.4, 0.5) is 8.78 Å². The van der Waals surface area contributed by atoms with Gasteiger partial charge in [-0.1, -0.05) is 6.08 Å². The van der Waals surface area contributed by atoms with Crippen molar-refractivity contribution in [3.8, 4) is 16.9 Å². The average Bonchev–Trinajstić information content (AvgIpc) is 3.51. The van der Waals surface area contributed by atoms with Crippen LogP contribution in [0, 0.1) is 11.6 Å². The number of nitrogens with zero attached hydrogens (tertiary/aromatic N) is 3. The van der Waals surface area contributed by atoms with Crippen LogP contribution in [0.15, 0.2) is 36.5 Å². The largest absolute Gasteiger partial charge is 0.496 e. The second kappa shape index (κ2) is 9.41. The van der Waals surface area contributed by atoms with E-state index in [-0.39, 0.29) is 17.5 Å². The molecule has 1 aromatic carbocycles. The number of benzene rings is 1. The number of likely N-dealkylation sites (N-methyl/N-ethyl adjacent to an activating group) is 1. The molecule has 0 bridgehead atoms. The molecule has 35 heavy (non-hydrogen) atoms. The molecule has 8 heteroatoms. The van der Waals surface area contributed by atoms with E-state index in [0.717, 1.165) is 56.1 Å². The lowest BCUT2D eigenvalue weighted by Crippen LogP contribution is -2.47. The molecular formula is C27H30F2N4O2. The zero-order chi connectivity index (χ0) is 24.7. The number of likely N-dealkylation sites (tertiary alicyclic amines) is 1. The molecule has 1 aliphatic carbocycles. The number of nitrogens with one attached hydrogen (secondary N) is 1. The quantitative estimate of drug-likeness (QED) is 0.558. The van der Waals surface area contributed by atoms with E-state index in [0.29, 0.717) is 28.4 Å². The number of halogens is 2. The molecule has 1 saturated heterocycles. The molecule has 1 N–H and O–H groups in total. The smallest absolute Gasteiger partial charge is 0.239 e. The number of hydrogen-bond donors (Lipinski definition) is 1. The number of allylic oxidation sites excluding steroid dienone is 1. The van der Waals surface area contributed by atoms with Gasteiger partial charge in [-0.25, -0.2) is 13.8 Å². The first-order valence-corrected chi connectivity index (χ1v) is 12.0. The number of fused-ring (bicyclic) bond motifs is 1. The van der Waals surface area contributed by atoms with Gasteiger partial charge in [0.25, 0.3) is 0 Å². The Morgan fingerprint density at radius 2 is 2.06 bits per heavy atom. The number of aromatic amines is 1. The summed E-state index contributed by atoms with van der Waals surface area (Å²) in [5.74, 6) is -0.417. The summed E-state index contributed by atoms with van der Waals surface area (Å²) in [6.07, 6.45) is 7.98. The number of carbonyl (C=O) groups excluding carboxylic acids is 1. The van der Waals surface area contributed by atoms with E-state index in [1.165, 1.54) is 25.3 Å². The lowest BCUT2D eigenvalue weighted by molar-refractivity contribution is -0.134. The Labute approximate surface area is 203 Å². The van der Waals surface area contributed by atoms with Gasteiger partial charge >= 0.3 is 0 Å². The van der Waals surface area contributed by atoms with Crippen molar-refractivity contribution in [1.82, 2.24) is 19.8 Å². The van der Waals surface area contributed by atoms with Crippen molar-refractivity contribution in [2.75, 3.05) is 27.7 Å². The predicted octanol–water partition coefficient (Wildman–Crippen LogP) is 5.01. The number of pyridine rings is 1. The number of carbonyl (C=O) groups is 1. The fourth-order valence-electron chi connectivity index (χ4n) is 5.53. The standard InChI is InChI=1S/C27H30F2N4O2/c1-32(2)27(34)23-5-4-12-33(23)18-9-6-16(7-10-18)22-14-20-25(21(29)15-30-26(20)31-22)19-13-17(28)8-11-24(19)35-3/h6,8,11,13-15,18,23H,4-5,7,9-10,12H2,1-3H3,(H,30,31)/t18?,23-/m0/s1. The van der Waals surface area contributed by atoms with E-state index >= 15 is 0 Å². The number of rotatable bonds is 5. The summed E-state index contributed by atoms with van der Waals surface area (Å²) in [7, 11) is 5.12. The Bertz CT molecular complexity index is 1300. The lowest BCUT2D eigenvalue weighted by atomic mass is 9.91. The second-order valence-corrected chi connectivity index (χ2v) is 9.56. The zero-order valence-corrected chi connectivity index (χ0v) is 20.3. The van der Waals surface area contributed by atoms with Crippen LogP contribution in [0.5, 0.6) is 5.75 Å². The van der Waals surface area contributed by atoms with Crippen molar-refractivity contribution in [2.24, 2.45) is 0 Å². The van der Waals surface area contributed by atoms with E-state index in [1.807, 2.05) is 20.2 Å². The Kier molecular flexibility index (Phi) is 6.32. The average molecular weight is 481 g/mol. The monoisotopic (exact) mass is 480 g/mol. The van der Waals surface area contributed by atoms with Crippen LogP contribution in [0.2, 0.25) is 0 Å². The highest BCUT2D eigenvalue weighted by Crippen LogP contribution is 2.39. The maximum absolute atomic E-state index is 15.0. The van der Waals surface area contributed by atoms with Crippen molar-refractivity contribution >= 4 is 22.5 Å². The van der Waals surface area contributed by atoms with Crippen LogP contribution in [0.25, 0.3) is 27.7 Å². The van der Waals surface area contributed by atoms with Gasteiger partial charge in [0.2, 0.25) is 5.91 Å². The molecule has 2 aromatic heterocycles. The summed E-state index contributed by atoms with van der Waals surface area (Å²) in [5, 5.41) is 0.586. The summed E-state index contributed by atoms with van der Waals surface area (Å²) >= 11 is 0. The molecule has 2 atom stereocenters. The Morgan fingerprint density at radius 1 is 1.23 bits per heavy atom. The molecule has 1 fully saturated rings. The van der Waals surface area contributed by atoms with E-state index in [2.05, 4.69) is 20.9 Å². The van der Waals surface area contributed by atoms with Crippen LogP contribution in [0.3, 0.4) is 0 Å². The molecule has 0 saturated carbocycles. The minimum absolute atomic E-state index is 0.0333. The van der Waals surface area contributed by atoms with Gasteiger partial charge in [0.15, 0.2) is 0 Å². The van der Waals surface area contributed by atoms with Gasteiger partial charge < -0.3 is 14.6 Å². The van der Waals surface area contributed by atoms with E-state index in [1.54, 1.807) is 4.90 Å². The fourth-order valence-corrected chi connectivity index (χ4v) is 5.53. The van der Waals surface area contributed by atoms with Crippen molar-refractivity contribution in [2.45, 2.75) is 44.2 Å². The van der Waals surface area contributed by atoms with Gasteiger partial charge in [-0.2, -0.15) is 0 Å². The first-order valence-electron chi connectivity index (χ1n) is 12.0. The topological polar surface area (TPSA) is 61.5 Å². The molecule has 6 nitrogen and oxygen atoms in total. The van der Waals surface area contributed by atoms with Crippen LogP contribution in [-0.2, 0) is 4.79 Å². The number of ether oxygens (including phenoxy) is 1. The summed E-state index contributed by atoms with van der Waals surface area (Å²) in [4.78, 5) is 24.2. The Hall–Kier alpha value is -3.26. The molecule has 5 rings (SSSR count). The molecule has 1 unspecified atom stereocenters. The van der Waals surface area contributed by atoms with Crippen LogP contribution in [0.1, 0.15) is 37.8 Å². The van der Waals surface area contributed by atoms with Gasteiger partial charge in [-0.15, -0.1) is 0 Å². The van der Waals surface area contributed by atoms with Crippen molar-refractivity contribution in [3.05, 3.63) is 53.9 Å². The van der Waals surface area contributed by atoms with Crippen molar-refractivity contribution < 1.29 is 18.3 Å². The summed E-state index contributed by atoms with van der Waals surface area (Å²) in [6.45, 7) is 0.951. The molecular weight excluding hydrogens is 450 g/mol. The molecule has 2 aliphatic rings. The first kappa shape index (κ1) is 23.5. The van der Waals surface area contributed by atoms with E-state index in [4.69, 9.17) is 4.74 Å². The number of aromatic nitrogens is 2. The van der Waals surface area contributed by atoms with Gasteiger partial charge in [0, 0.05) is 42.3 Å². The number of hydrogen-bond acceptors (Lipinski definition) is 4. The predicted molar refractivity (Wildman–Crippen MR) is 132 cm³/mol. The fraction of sp³-hybridized carbons (Fsp3) is 0.407. The zero-order valence-electron chi connectivity index (χ0n) is 20.3. The molecule has 3 aromatic rings. The molecule has 184 valence electrons. The molecule has 1 aliphatic heterocycles. The highest BCUT2D eigenvalue weighted by atomic mass is 19.1. The number of H-pyrrole nitrogens is 1. The highest BCUT2D eigenvalue weighted by molar-refractivity contribution is 5.97. The van der Waals surface area contributed by atoms with Gasteiger partial charge in [-0.05, 0) is 68.5 Å². The van der Waals surface area contributed by atoms with Gasteiger partial charge in [0.05, 0.1) is 19.3 Å². The highest BCUT2D eigenvalue weighted by Gasteiger charge is 2.36. The molecule has 1 amide bonds. The minimum Gasteiger partial charge on any atom is -0.496 e. The Morgan fingerprint density at radius 3 is 2.77 bits per heavy atom. The molecule has 0 radical (unpaired) electrons. The third kappa shape index (κ3) is 4.31. The normalized spacial score (nSPS) is 20.8. The van der Waals surface area contributed by atoms with Crippen LogP contribution < -0.4 is 4.74 Å². The first-order chi connectivity index (χ1) is 16.9.